The van der Waals surface area contributed by atoms with E-state index in [1.54, 1.807) is 0 Å². The molecule has 0 saturated carbocycles. The molecule has 0 bridgehead atoms. The van der Waals surface area contributed by atoms with Gasteiger partial charge in [0.05, 0.1) is 5.76 Å². The number of carbonyl (C=O) groups is 1. The second kappa shape index (κ2) is 3.56. The van der Waals surface area contributed by atoms with Crippen LogP contribution in [-0.2, 0) is 9.53 Å². The van der Waals surface area contributed by atoms with Crippen molar-refractivity contribution in [3.63, 3.8) is 0 Å². The number of allylic oxidation sites excluding steroid dienone is 2. The van der Waals surface area contributed by atoms with Crippen LogP contribution in [0.4, 0.5) is 0 Å². The smallest absolute Gasteiger partial charge is 0.173 e. The standard InChI is InChI=1S/C9H14O2/c1-3-8(10)9-6-4-5-7(2)11-9/h5,9H,3-4,6H2,1-2H3. The molecule has 1 aliphatic heterocycles. The monoisotopic (exact) mass is 154 g/mol. The van der Waals surface area contributed by atoms with E-state index >= 15 is 0 Å². The van der Waals surface area contributed by atoms with Crippen molar-refractivity contribution >= 4 is 5.78 Å². The molecule has 1 heterocycles. The first-order valence-corrected chi connectivity index (χ1v) is 4.10. The largest absolute Gasteiger partial charge is 0.488 e. The second-order valence-electron chi connectivity index (χ2n) is 2.82. The lowest BCUT2D eigenvalue weighted by Crippen LogP contribution is -2.24. The highest BCUT2D eigenvalue weighted by atomic mass is 16.5. The van der Waals surface area contributed by atoms with Crippen molar-refractivity contribution in [2.45, 2.75) is 39.2 Å². The van der Waals surface area contributed by atoms with Gasteiger partial charge in [-0.15, -0.1) is 0 Å². The van der Waals surface area contributed by atoms with Gasteiger partial charge in [0.15, 0.2) is 11.9 Å². The Hall–Kier alpha value is -0.790. The molecule has 62 valence electrons. The average molecular weight is 154 g/mol. The number of Topliss-reactive ketones (excluding diaryl/α,β-unsaturated/α-hetero) is 1. The minimum Gasteiger partial charge on any atom is -0.488 e. The Labute approximate surface area is 67.2 Å². The van der Waals surface area contributed by atoms with Gasteiger partial charge in [0.2, 0.25) is 0 Å². The van der Waals surface area contributed by atoms with Gasteiger partial charge in [-0.05, 0) is 25.8 Å². The number of rotatable bonds is 2. The molecule has 0 saturated heterocycles. The quantitative estimate of drug-likeness (QED) is 0.608. The van der Waals surface area contributed by atoms with Crippen LogP contribution in [0.3, 0.4) is 0 Å². The molecule has 0 spiro atoms. The van der Waals surface area contributed by atoms with Crippen molar-refractivity contribution in [2.24, 2.45) is 0 Å². The topological polar surface area (TPSA) is 26.3 Å². The van der Waals surface area contributed by atoms with Crippen molar-refractivity contribution in [1.82, 2.24) is 0 Å². The highest BCUT2D eigenvalue weighted by Gasteiger charge is 2.20. The van der Waals surface area contributed by atoms with E-state index in [1.165, 1.54) is 0 Å². The van der Waals surface area contributed by atoms with Gasteiger partial charge in [-0.2, -0.15) is 0 Å². The third-order valence-electron chi connectivity index (χ3n) is 1.90. The lowest BCUT2D eigenvalue weighted by Gasteiger charge is -2.21. The molecule has 1 unspecified atom stereocenters. The summed E-state index contributed by atoms with van der Waals surface area (Å²) < 4.78 is 5.35. The van der Waals surface area contributed by atoms with Crippen LogP contribution in [-0.4, -0.2) is 11.9 Å². The third kappa shape index (κ3) is 2.07. The Kier molecular flexibility index (Phi) is 2.69. The molecule has 0 N–H and O–H groups in total. The molecule has 0 aliphatic carbocycles. The highest BCUT2D eigenvalue weighted by Crippen LogP contribution is 2.17. The number of ketones is 1. The number of hydrogen-bond donors (Lipinski definition) is 0. The molecule has 0 fully saturated rings. The van der Waals surface area contributed by atoms with Crippen LogP contribution >= 0.6 is 0 Å². The van der Waals surface area contributed by atoms with Crippen molar-refractivity contribution in [3.8, 4) is 0 Å². The van der Waals surface area contributed by atoms with Crippen molar-refractivity contribution in [3.05, 3.63) is 11.8 Å². The summed E-state index contributed by atoms with van der Waals surface area (Å²) in [5.74, 6) is 1.11. The van der Waals surface area contributed by atoms with E-state index < -0.39 is 0 Å². The van der Waals surface area contributed by atoms with E-state index in [0.717, 1.165) is 18.6 Å². The van der Waals surface area contributed by atoms with Crippen LogP contribution in [0.1, 0.15) is 33.1 Å². The molecular weight excluding hydrogens is 140 g/mol. The Morgan fingerprint density at radius 3 is 3.09 bits per heavy atom. The summed E-state index contributed by atoms with van der Waals surface area (Å²) in [6.07, 6.45) is 4.27. The Morgan fingerprint density at radius 2 is 2.55 bits per heavy atom. The summed E-state index contributed by atoms with van der Waals surface area (Å²) >= 11 is 0. The number of carbonyl (C=O) groups excluding carboxylic acids is 1. The van der Waals surface area contributed by atoms with E-state index in [4.69, 9.17) is 4.74 Å². The first kappa shape index (κ1) is 8.31. The van der Waals surface area contributed by atoms with E-state index in [9.17, 15) is 4.79 Å². The summed E-state index contributed by atoms with van der Waals surface area (Å²) in [4.78, 5) is 11.2. The Morgan fingerprint density at radius 1 is 1.82 bits per heavy atom. The molecule has 0 aromatic rings. The normalized spacial score (nSPS) is 23.8. The van der Waals surface area contributed by atoms with Gasteiger partial charge in [0.1, 0.15) is 0 Å². The predicted octanol–water partition coefficient (Wildman–Crippen LogP) is 2.05. The van der Waals surface area contributed by atoms with Gasteiger partial charge in [-0.1, -0.05) is 6.92 Å². The van der Waals surface area contributed by atoms with Gasteiger partial charge in [-0.3, -0.25) is 4.79 Å². The van der Waals surface area contributed by atoms with Gasteiger partial charge in [-0.25, -0.2) is 0 Å². The maximum atomic E-state index is 11.2. The van der Waals surface area contributed by atoms with Crippen molar-refractivity contribution < 1.29 is 9.53 Å². The lowest BCUT2D eigenvalue weighted by atomic mass is 10.1. The van der Waals surface area contributed by atoms with E-state index in [0.29, 0.717) is 6.42 Å². The summed E-state index contributed by atoms with van der Waals surface area (Å²) in [6.45, 7) is 3.77. The zero-order valence-corrected chi connectivity index (χ0v) is 7.09. The summed E-state index contributed by atoms with van der Waals surface area (Å²) in [5, 5.41) is 0. The fourth-order valence-corrected chi connectivity index (χ4v) is 1.22. The molecular formula is C9H14O2. The molecule has 1 rings (SSSR count). The summed E-state index contributed by atoms with van der Waals surface area (Å²) in [7, 11) is 0. The summed E-state index contributed by atoms with van der Waals surface area (Å²) in [5.41, 5.74) is 0. The van der Waals surface area contributed by atoms with Crippen LogP contribution in [0.15, 0.2) is 11.8 Å². The maximum absolute atomic E-state index is 11.2. The molecule has 1 aliphatic rings. The minimum atomic E-state index is -0.162. The molecule has 0 radical (unpaired) electrons. The predicted molar refractivity (Wildman–Crippen MR) is 43.2 cm³/mol. The van der Waals surface area contributed by atoms with E-state index in [2.05, 4.69) is 0 Å². The second-order valence-corrected chi connectivity index (χ2v) is 2.82. The maximum Gasteiger partial charge on any atom is 0.173 e. The van der Waals surface area contributed by atoms with Gasteiger partial charge in [0.25, 0.3) is 0 Å². The molecule has 2 nitrogen and oxygen atoms in total. The van der Waals surface area contributed by atoms with Crippen LogP contribution < -0.4 is 0 Å². The van der Waals surface area contributed by atoms with Crippen LogP contribution in [0, 0.1) is 0 Å². The average Bonchev–Trinajstić information content (AvgIpc) is 2.03. The number of ether oxygens (including phenoxy) is 1. The molecule has 2 heteroatoms. The molecule has 0 amide bonds. The van der Waals surface area contributed by atoms with Crippen molar-refractivity contribution in [2.75, 3.05) is 0 Å². The summed E-state index contributed by atoms with van der Waals surface area (Å²) in [6, 6.07) is 0. The Bertz CT molecular complexity index is 182. The fourth-order valence-electron chi connectivity index (χ4n) is 1.22. The van der Waals surface area contributed by atoms with E-state index in [1.807, 2.05) is 19.9 Å². The van der Waals surface area contributed by atoms with Crippen LogP contribution in [0.25, 0.3) is 0 Å². The van der Waals surface area contributed by atoms with Crippen LogP contribution in [0.2, 0.25) is 0 Å². The molecule has 0 aromatic carbocycles. The molecule has 11 heavy (non-hydrogen) atoms. The highest BCUT2D eigenvalue weighted by molar-refractivity contribution is 5.82. The van der Waals surface area contributed by atoms with Gasteiger partial charge in [0, 0.05) is 6.42 Å². The first-order valence-electron chi connectivity index (χ1n) is 4.10. The lowest BCUT2D eigenvalue weighted by molar-refractivity contribution is -0.128. The minimum absolute atomic E-state index is 0.162. The van der Waals surface area contributed by atoms with Crippen LogP contribution in [0.5, 0.6) is 0 Å². The zero-order valence-electron chi connectivity index (χ0n) is 7.09. The van der Waals surface area contributed by atoms with E-state index in [-0.39, 0.29) is 11.9 Å². The van der Waals surface area contributed by atoms with Gasteiger partial charge >= 0.3 is 0 Å². The molecule has 1 atom stereocenters. The Balaban J connectivity index is 2.50. The van der Waals surface area contributed by atoms with Crippen molar-refractivity contribution in [1.29, 1.82) is 0 Å². The zero-order chi connectivity index (χ0) is 8.27. The molecule has 0 aromatic heterocycles. The first-order chi connectivity index (χ1) is 5.24. The number of hydrogen-bond acceptors (Lipinski definition) is 2. The fraction of sp³-hybridized carbons (Fsp3) is 0.667. The SMILES string of the molecule is CCC(=O)C1CCC=C(C)O1. The van der Waals surface area contributed by atoms with Gasteiger partial charge < -0.3 is 4.74 Å². The third-order valence-corrected chi connectivity index (χ3v) is 1.90.